The standard InChI is InChI=1S/C20H17BrFNO2/c1-12-7-8-14(9-17(12)22)13(2)23-18-6-4-3-5-16(18)20(21)15(11-24)10-19(23)25/h3-9,11,13H,10H2,1-2H3. The summed E-state index contributed by atoms with van der Waals surface area (Å²) >= 11 is 3.45. The van der Waals surface area contributed by atoms with Crippen LogP contribution in [-0.2, 0) is 9.59 Å². The first-order chi connectivity index (χ1) is 11.9. The van der Waals surface area contributed by atoms with Gasteiger partial charge in [-0.25, -0.2) is 4.39 Å². The van der Waals surface area contributed by atoms with E-state index < -0.39 is 0 Å². The summed E-state index contributed by atoms with van der Waals surface area (Å²) in [5.41, 5.74) is 3.14. The number of fused-ring (bicyclic) bond motifs is 1. The van der Waals surface area contributed by atoms with Crippen LogP contribution in [0.15, 0.2) is 48.0 Å². The molecule has 1 atom stereocenters. The first kappa shape index (κ1) is 17.5. The molecule has 1 aliphatic rings. The van der Waals surface area contributed by atoms with Gasteiger partial charge in [0.1, 0.15) is 12.1 Å². The number of anilines is 1. The van der Waals surface area contributed by atoms with Gasteiger partial charge in [-0.1, -0.05) is 30.3 Å². The van der Waals surface area contributed by atoms with Crippen LogP contribution >= 0.6 is 15.9 Å². The lowest BCUT2D eigenvalue weighted by atomic mass is 10.0. The predicted molar refractivity (Wildman–Crippen MR) is 100 cm³/mol. The fourth-order valence-electron chi connectivity index (χ4n) is 3.04. The zero-order valence-electron chi connectivity index (χ0n) is 13.9. The van der Waals surface area contributed by atoms with E-state index in [-0.39, 0.29) is 24.2 Å². The molecule has 3 nitrogen and oxygen atoms in total. The Kier molecular flexibility index (Phi) is 4.86. The van der Waals surface area contributed by atoms with Crippen molar-refractivity contribution in [3.63, 3.8) is 0 Å². The highest BCUT2D eigenvalue weighted by molar-refractivity contribution is 9.15. The Labute approximate surface area is 154 Å². The number of rotatable bonds is 3. The van der Waals surface area contributed by atoms with Gasteiger partial charge in [-0.2, -0.15) is 0 Å². The summed E-state index contributed by atoms with van der Waals surface area (Å²) in [6, 6.07) is 12.0. The van der Waals surface area contributed by atoms with E-state index in [2.05, 4.69) is 15.9 Å². The second-order valence-electron chi connectivity index (χ2n) is 6.10. The number of halogens is 2. The lowest BCUT2D eigenvalue weighted by Gasteiger charge is -2.30. The van der Waals surface area contributed by atoms with Gasteiger partial charge in [0.25, 0.3) is 0 Å². The summed E-state index contributed by atoms with van der Waals surface area (Å²) in [5, 5.41) is 0. The molecule has 0 radical (unpaired) electrons. The number of benzene rings is 2. The second-order valence-corrected chi connectivity index (χ2v) is 6.89. The quantitative estimate of drug-likeness (QED) is 0.683. The number of amides is 1. The first-order valence-corrected chi connectivity index (χ1v) is 8.74. The summed E-state index contributed by atoms with van der Waals surface area (Å²) in [4.78, 5) is 25.9. The molecule has 1 heterocycles. The van der Waals surface area contributed by atoms with Crippen molar-refractivity contribution in [3.05, 3.63) is 70.5 Å². The molecular weight excluding hydrogens is 385 g/mol. The monoisotopic (exact) mass is 401 g/mol. The van der Waals surface area contributed by atoms with Gasteiger partial charge in [-0.05, 0) is 53.0 Å². The van der Waals surface area contributed by atoms with Crippen molar-refractivity contribution in [2.24, 2.45) is 0 Å². The summed E-state index contributed by atoms with van der Waals surface area (Å²) in [6.07, 6.45) is 0.704. The molecule has 0 aliphatic carbocycles. The van der Waals surface area contributed by atoms with E-state index in [0.29, 0.717) is 33.2 Å². The van der Waals surface area contributed by atoms with Crippen LogP contribution in [-0.4, -0.2) is 12.2 Å². The highest BCUT2D eigenvalue weighted by Crippen LogP contribution is 2.40. The van der Waals surface area contributed by atoms with E-state index in [1.165, 1.54) is 6.07 Å². The maximum atomic E-state index is 14.0. The summed E-state index contributed by atoms with van der Waals surface area (Å²) in [5.74, 6) is -0.495. The molecule has 2 aromatic rings. The van der Waals surface area contributed by atoms with Gasteiger partial charge >= 0.3 is 0 Å². The van der Waals surface area contributed by atoms with Crippen molar-refractivity contribution in [1.82, 2.24) is 0 Å². The average molecular weight is 402 g/mol. The zero-order chi connectivity index (χ0) is 18.1. The number of nitrogens with zero attached hydrogens (tertiary/aromatic N) is 1. The molecule has 1 aliphatic heterocycles. The third-order valence-corrected chi connectivity index (χ3v) is 5.44. The maximum absolute atomic E-state index is 14.0. The normalized spacial score (nSPS) is 15.7. The topological polar surface area (TPSA) is 37.4 Å². The number of hydrogen-bond donors (Lipinski definition) is 0. The van der Waals surface area contributed by atoms with Gasteiger partial charge in [-0.15, -0.1) is 0 Å². The van der Waals surface area contributed by atoms with E-state index in [0.717, 1.165) is 5.56 Å². The molecule has 5 heteroatoms. The molecule has 128 valence electrons. The Hall–Kier alpha value is -2.27. The fourth-order valence-corrected chi connectivity index (χ4v) is 3.61. The maximum Gasteiger partial charge on any atom is 0.232 e. The van der Waals surface area contributed by atoms with Crippen LogP contribution in [0, 0.1) is 12.7 Å². The Balaban J connectivity index is 2.13. The van der Waals surface area contributed by atoms with Crippen LogP contribution < -0.4 is 4.90 Å². The van der Waals surface area contributed by atoms with Crippen LogP contribution in [0.3, 0.4) is 0 Å². The SMILES string of the molecule is Cc1ccc(C(C)N2C(=O)CC(C=O)=C(Br)c3ccccc32)cc1F. The molecular formula is C20H17BrFNO2. The van der Waals surface area contributed by atoms with E-state index >= 15 is 0 Å². The molecule has 0 N–H and O–H groups in total. The van der Waals surface area contributed by atoms with E-state index in [9.17, 15) is 14.0 Å². The van der Waals surface area contributed by atoms with Gasteiger partial charge in [0, 0.05) is 15.6 Å². The molecule has 1 unspecified atom stereocenters. The number of para-hydroxylation sites is 1. The van der Waals surface area contributed by atoms with Crippen molar-refractivity contribution in [2.45, 2.75) is 26.3 Å². The summed E-state index contributed by atoms with van der Waals surface area (Å²) in [7, 11) is 0. The second kappa shape index (κ2) is 6.92. The number of aryl methyl sites for hydroxylation is 1. The van der Waals surface area contributed by atoms with Crippen LogP contribution in [0.25, 0.3) is 4.48 Å². The highest BCUT2D eigenvalue weighted by atomic mass is 79.9. The average Bonchev–Trinajstić information content (AvgIpc) is 2.71. The predicted octanol–water partition coefficient (Wildman–Crippen LogP) is 4.94. The van der Waals surface area contributed by atoms with Crippen molar-refractivity contribution in [1.29, 1.82) is 0 Å². The van der Waals surface area contributed by atoms with E-state index in [1.54, 1.807) is 17.9 Å². The third-order valence-electron chi connectivity index (χ3n) is 4.50. The fraction of sp³-hybridized carbons (Fsp3) is 0.200. The molecule has 2 aromatic carbocycles. The molecule has 0 saturated carbocycles. The van der Waals surface area contributed by atoms with Crippen LogP contribution in [0.2, 0.25) is 0 Å². The van der Waals surface area contributed by atoms with Crippen molar-refractivity contribution in [3.8, 4) is 0 Å². The van der Waals surface area contributed by atoms with Gasteiger partial charge in [0.05, 0.1) is 18.2 Å². The Morgan fingerprint density at radius 1 is 1.24 bits per heavy atom. The molecule has 0 bridgehead atoms. The Morgan fingerprint density at radius 2 is 1.96 bits per heavy atom. The highest BCUT2D eigenvalue weighted by Gasteiger charge is 2.30. The molecule has 0 aromatic heterocycles. The largest absolute Gasteiger partial charge is 0.304 e. The van der Waals surface area contributed by atoms with Gasteiger partial charge in [0.15, 0.2) is 0 Å². The smallest absolute Gasteiger partial charge is 0.232 e. The molecule has 25 heavy (non-hydrogen) atoms. The molecule has 0 fully saturated rings. The molecule has 1 amide bonds. The number of aldehydes is 1. The van der Waals surface area contributed by atoms with Crippen molar-refractivity contribution < 1.29 is 14.0 Å². The Bertz CT molecular complexity index is 891. The lowest BCUT2D eigenvalue weighted by molar-refractivity contribution is -0.119. The first-order valence-electron chi connectivity index (χ1n) is 7.95. The molecule has 3 rings (SSSR count). The minimum Gasteiger partial charge on any atom is -0.304 e. The van der Waals surface area contributed by atoms with E-state index in [4.69, 9.17) is 0 Å². The van der Waals surface area contributed by atoms with Crippen LogP contribution in [0.1, 0.15) is 36.1 Å². The minimum atomic E-state index is -0.366. The third kappa shape index (κ3) is 3.16. The van der Waals surface area contributed by atoms with Crippen LogP contribution in [0.5, 0.6) is 0 Å². The number of carbonyl (C=O) groups is 2. The van der Waals surface area contributed by atoms with Crippen molar-refractivity contribution >= 4 is 38.3 Å². The van der Waals surface area contributed by atoms with Crippen LogP contribution in [0.4, 0.5) is 10.1 Å². The van der Waals surface area contributed by atoms with E-state index in [1.807, 2.05) is 37.3 Å². The van der Waals surface area contributed by atoms with Gasteiger partial charge in [-0.3, -0.25) is 9.59 Å². The minimum absolute atomic E-state index is 0.00253. The lowest BCUT2D eigenvalue weighted by Crippen LogP contribution is -2.33. The van der Waals surface area contributed by atoms with Crippen molar-refractivity contribution in [2.75, 3.05) is 4.90 Å². The zero-order valence-corrected chi connectivity index (χ0v) is 15.5. The molecule has 0 spiro atoms. The summed E-state index contributed by atoms with van der Waals surface area (Å²) in [6.45, 7) is 3.56. The Morgan fingerprint density at radius 3 is 2.64 bits per heavy atom. The number of carbonyl (C=O) groups excluding carboxylic acids is 2. The number of hydrogen-bond acceptors (Lipinski definition) is 2. The van der Waals surface area contributed by atoms with Gasteiger partial charge in [0.2, 0.25) is 5.91 Å². The summed E-state index contributed by atoms with van der Waals surface area (Å²) < 4.78 is 14.6. The molecule has 0 saturated heterocycles. The van der Waals surface area contributed by atoms with Gasteiger partial charge < -0.3 is 4.90 Å².